The van der Waals surface area contributed by atoms with Gasteiger partial charge >= 0.3 is 5.97 Å². The second-order valence-electron chi connectivity index (χ2n) is 6.90. The number of carbonyl (C=O) groups excluding carboxylic acids is 1. The molecule has 5 nitrogen and oxygen atoms in total. The van der Waals surface area contributed by atoms with Crippen molar-refractivity contribution in [2.45, 2.75) is 64.8 Å². The van der Waals surface area contributed by atoms with Crippen LogP contribution in [-0.4, -0.2) is 41.0 Å². The van der Waals surface area contributed by atoms with Crippen molar-refractivity contribution in [3.8, 4) is 0 Å². The highest BCUT2D eigenvalue weighted by Crippen LogP contribution is 2.15. The third kappa shape index (κ3) is 7.56. The maximum atomic E-state index is 12.9. The molecule has 146 valence electrons. The maximum absolute atomic E-state index is 12.9. The second kappa shape index (κ2) is 12.5. The molecule has 0 aliphatic carbocycles. The average Bonchev–Trinajstić information content (AvgIpc) is 2.64. The summed E-state index contributed by atoms with van der Waals surface area (Å²) < 4.78 is 0. The number of carboxylic acids is 1. The van der Waals surface area contributed by atoms with Gasteiger partial charge < -0.3 is 15.7 Å². The minimum Gasteiger partial charge on any atom is -0.481 e. The van der Waals surface area contributed by atoms with Crippen LogP contribution in [0.15, 0.2) is 30.3 Å². The molecule has 2 atom stereocenters. The van der Waals surface area contributed by atoms with Gasteiger partial charge in [-0.05, 0) is 24.8 Å². The number of hydrogen-bond acceptors (Lipinski definition) is 3. The summed E-state index contributed by atoms with van der Waals surface area (Å²) in [5, 5.41) is 9.61. The molecule has 1 amide bonds. The lowest BCUT2D eigenvalue weighted by atomic mass is 9.91. The largest absolute Gasteiger partial charge is 0.481 e. The lowest BCUT2D eigenvalue weighted by Crippen LogP contribution is -2.51. The SMILES string of the molecule is CCCCCN(CCCCC)C(=O)[C@@H](N)C(Cc1ccccc1)C(=O)O. The fourth-order valence-electron chi connectivity index (χ4n) is 3.06. The van der Waals surface area contributed by atoms with Crippen molar-refractivity contribution in [2.75, 3.05) is 13.1 Å². The average molecular weight is 363 g/mol. The number of benzene rings is 1. The van der Waals surface area contributed by atoms with Gasteiger partial charge in [0.05, 0.1) is 12.0 Å². The zero-order valence-electron chi connectivity index (χ0n) is 16.2. The number of hydrogen-bond donors (Lipinski definition) is 2. The third-order valence-corrected chi connectivity index (χ3v) is 4.71. The van der Waals surface area contributed by atoms with E-state index in [1.807, 2.05) is 30.3 Å². The highest BCUT2D eigenvalue weighted by Gasteiger charge is 2.33. The zero-order chi connectivity index (χ0) is 19.4. The van der Waals surface area contributed by atoms with E-state index in [4.69, 9.17) is 5.73 Å². The molecule has 0 heterocycles. The first-order valence-electron chi connectivity index (χ1n) is 9.82. The summed E-state index contributed by atoms with van der Waals surface area (Å²) in [5.74, 6) is -2.16. The van der Waals surface area contributed by atoms with Crippen LogP contribution in [0, 0.1) is 5.92 Å². The summed E-state index contributed by atoms with van der Waals surface area (Å²) in [7, 11) is 0. The predicted molar refractivity (Wildman–Crippen MR) is 105 cm³/mol. The minimum atomic E-state index is -1.02. The lowest BCUT2D eigenvalue weighted by molar-refractivity contribution is -0.147. The van der Waals surface area contributed by atoms with E-state index < -0.39 is 17.9 Å². The van der Waals surface area contributed by atoms with Gasteiger partial charge in [-0.2, -0.15) is 0 Å². The van der Waals surface area contributed by atoms with Gasteiger partial charge in [-0.3, -0.25) is 9.59 Å². The number of nitrogens with zero attached hydrogens (tertiary/aromatic N) is 1. The lowest BCUT2D eigenvalue weighted by Gasteiger charge is -2.28. The van der Waals surface area contributed by atoms with Gasteiger partial charge in [0.1, 0.15) is 0 Å². The Hall–Kier alpha value is -1.88. The Labute approximate surface area is 157 Å². The summed E-state index contributed by atoms with van der Waals surface area (Å²) in [6, 6.07) is 8.33. The van der Waals surface area contributed by atoms with Crippen molar-refractivity contribution in [1.29, 1.82) is 0 Å². The first kappa shape index (κ1) is 22.2. The second-order valence-corrected chi connectivity index (χ2v) is 6.90. The van der Waals surface area contributed by atoms with Crippen molar-refractivity contribution in [3.63, 3.8) is 0 Å². The molecule has 1 aromatic rings. The van der Waals surface area contributed by atoms with Crippen LogP contribution in [-0.2, 0) is 16.0 Å². The monoisotopic (exact) mass is 362 g/mol. The van der Waals surface area contributed by atoms with E-state index in [1.165, 1.54) is 0 Å². The van der Waals surface area contributed by atoms with Crippen LogP contribution >= 0.6 is 0 Å². The molecular formula is C21H34N2O3. The quantitative estimate of drug-likeness (QED) is 0.526. The molecule has 0 aliphatic rings. The molecule has 0 fully saturated rings. The third-order valence-electron chi connectivity index (χ3n) is 4.71. The molecule has 0 spiro atoms. The summed E-state index contributed by atoms with van der Waals surface area (Å²) >= 11 is 0. The predicted octanol–water partition coefficient (Wildman–Crippen LogP) is 3.47. The first-order chi connectivity index (χ1) is 12.5. The molecule has 1 aromatic carbocycles. The van der Waals surface area contributed by atoms with Crippen LogP contribution in [0.25, 0.3) is 0 Å². The molecule has 3 N–H and O–H groups in total. The Balaban J connectivity index is 2.81. The van der Waals surface area contributed by atoms with Gasteiger partial charge in [0.25, 0.3) is 0 Å². The molecule has 0 bridgehead atoms. The van der Waals surface area contributed by atoms with Crippen LogP contribution in [0.4, 0.5) is 0 Å². The Kier molecular flexibility index (Phi) is 10.6. The molecule has 0 radical (unpaired) electrons. The summed E-state index contributed by atoms with van der Waals surface area (Å²) in [4.78, 5) is 26.4. The Morgan fingerprint density at radius 3 is 2.00 bits per heavy atom. The Bertz CT molecular complexity index is 523. The van der Waals surface area contributed by atoms with Gasteiger partial charge in [0, 0.05) is 13.1 Å². The Morgan fingerprint density at radius 1 is 1.00 bits per heavy atom. The van der Waals surface area contributed by atoms with Crippen LogP contribution < -0.4 is 5.73 Å². The number of rotatable bonds is 13. The molecule has 0 saturated heterocycles. The normalized spacial score (nSPS) is 13.2. The maximum Gasteiger partial charge on any atom is 0.308 e. The number of amides is 1. The number of carbonyl (C=O) groups is 2. The fourth-order valence-corrected chi connectivity index (χ4v) is 3.06. The van der Waals surface area contributed by atoms with E-state index >= 15 is 0 Å². The molecule has 0 saturated carbocycles. The van der Waals surface area contributed by atoms with E-state index in [0.29, 0.717) is 13.1 Å². The van der Waals surface area contributed by atoms with Crippen molar-refractivity contribution in [2.24, 2.45) is 11.7 Å². The summed E-state index contributed by atoms with van der Waals surface area (Å²) in [6.45, 7) is 5.55. The van der Waals surface area contributed by atoms with E-state index in [0.717, 1.165) is 44.1 Å². The van der Waals surface area contributed by atoms with Crippen molar-refractivity contribution >= 4 is 11.9 Å². The smallest absolute Gasteiger partial charge is 0.308 e. The van der Waals surface area contributed by atoms with E-state index in [-0.39, 0.29) is 12.3 Å². The minimum absolute atomic E-state index is 0.236. The number of aliphatic carboxylic acids is 1. The first-order valence-corrected chi connectivity index (χ1v) is 9.82. The van der Waals surface area contributed by atoms with Crippen LogP contribution in [0.2, 0.25) is 0 Å². The molecule has 1 unspecified atom stereocenters. The van der Waals surface area contributed by atoms with Crippen LogP contribution in [0.5, 0.6) is 0 Å². The molecule has 5 heteroatoms. The number of nitrogens with two attached hydrogens (primary N) is 1. The molecule has 0 aliphatic heterocycles. The van der Waals surface area contributed by atoms with E-state index in [1.54, 1.807) is 4.90 Å². The van der Waals surface area contributed by atoms with Gasteiger partial charge in [-0.15, -0.1) is 0 Å². The van der Waals surface area contributed by atoms with Gasteiger partial charge in [0.15, 0.2) is 0 Å². The Morgan fingerprint density at radius 2 is 1.54 bits per heavy atom. The standard InChI is InChI=1S/C21H34N2O3/c1-3-5-10-14-23(15-11-6-4-2)20(24)19(22)18(21(25)26)16-17-12-8-7-9-13-17/h7-9,12-13,18-19H,3-6,10-11,14-16,22H2,1-2H3,(H,25,26)/t18?,19-/m0/s1. The summed E-state index contributed by atoms with van der Waals surface area (Å²) in [6.07, 6.45) is 6.39. The number of carboxylic acid groups (broad SMARTS) is 1. The van der Waals surface area contributed by atoms with Crippen molar-refractivity contribution < 1.29 is 14.7 Å². The molecule has 26 heavy (non-hydrogen) atoms. The van der Waals surface area contributed by atoms with E-state index in [9.17, 15) is 14.7 Å². The molecular weight excluding hydrogens is 328 g/mol. The van der Waals surface area contributed by atoms with Gasteiger partial charge in [-0.1, -0.05) is 69.9 Å². The van der Waals surface area contributed by atoms with E-state index in [2.05, 4.69) is 13.8 Å². The van der Waals surface area contributed by atoms with Crippen LogP contribution in [0.1, 0.15) is 57.9 Å². The zero-order valence-corrected chi connectivity index (χ0v) is 16.2. The molecule has 1 rings (SSSR count). The van der Waals surface area contributed by atoms with Crippen LogP contribution in [0.3, 0.4) is 0 Å². The molecule has 0 aromatic heterocycles. The fraction of sp³-hybridized carbons (Fsp3) is 0.619. The number of unbranched alkanes of at least 4 members (excludes halogenated alkanes) is 4. The highest BCUT2D eigenvalue weighted by atomic mass is 16.4. The van der Waals surface area contributed by atoms with Crippen molar-refractivity contribution in [3.05, 3.63) is 35.9 Å². The van der Waals surface area contributed by atoms with Gasteiger partial charge in [-0.25, -0.2) is 0 Å². The summed E-state index contributed by atoms with van der Waals surface area (Å²) in [5.41, 5.74) is 7.03. The highest BCUT2D eigenvalue weighted by molar-refractivity contribution is 5.87. The van der Waals surface area contributed by atoms with Crippen molar-refractivity contribution in [1.82, 2.24) is 4.90 Å². The van der Waals surface area contributed by atoms with Gasteiger partial charge in [0.2, 0.25) is 5.91 Å². The topological polar surface area (TPSA) is 83.6 Å².